The van der Waals surface area contributed by atoms with E-state index in [2.05, 4.69) is 0 Å². The summed E-state index contributed by atoms with van der Waals surface area (Å²) < 4.78 is 38.1. The lowest BCUT2D eigenvalue weighted by atomic mass is 10.2. The van der Waals surface area contributed by atoms with E-state index in [9.17, 15) is 12.8 Å². The van der Waals surface area contributed by atoms with E-state index in [0.717, 1.165) is 0 Å². The molecule has 1 aromatic carbocycles. The van der Waals surface area contributed by atoms with E-state index in [-0.39, 0.29) is 5.82 Å². The van der Waals surface area contributed by atoms with Gasteiger partial charge in [0.25, 0.3) is 0 Å². The molecule has 100 valence electrons. The number of sulfonamides is 1. The normalized spacial score (nSPS) is 18.0. The second kappa shape index (κ2) is 5.42. The number of hydrogen-bond donors (Lipinski definition) is 0. The van der Waals surface area contributed by atoms with Crippen LogP contribution in [0, 0.1) is 5.82 Å². The van der Waals surface area contributed by atoms with E-state index in [1.54, 1.807) is 18.2 Å². The predicted molar refractivity (Wildman–Crippen MR) is 69.8 cm³/mol. The van der Waals surface area contributed by atoms with Crippen molar-refractivity contribution in [2.75, 3.05) is 36.3 Å². The van der Waals surface area contributed by atoms with Gasteiger partial charge in [-0.15, -0.1) is 11.6 Å². The van der Waals surface area contributed by atoms with E-state index in [0.29, 0.717) is 31.9 Å². The summed E-state index contributed by atoms with van der Waals surface area (Å²) in [6, 6.07) is 6.49. The van der Waals surface area contributed by atoms with Gasteiger partial charge < -0.3 is 4.90 Å². The van der Waals surface area contributed by atoms with Gasteiger partial charge in [-0.2, -0.15) is 4.31 Å². The molecular formula is C11H14ClFN2O2S. The summed E-state index contributed by atoms with van der Waals surface area (Å²) in [4.78, 5) is 1.84. The second-order valence-electron chi connectivity index (χ2n) is 4.06. The molecule has 0 saturated carbocycles. The molecule has 1 heterocycles. The number of nitrogens with zero attached hydrogens (tertiary/aromatic N) is 2. The minimum Gasteiger partial charge on any atom is -0.367 e. The van der Waals surface area contributed by atoms with Crippen molar-refractivity contribution in [1.82, 2.24) is 4.31 Å². The molecular weight excluding hydrogens is 279 g/mol. The SMILES string of the molecule is O=S(=O)(CCl)N1CCN(c2ccccc2F)CC1. The van der Waals surface area contributed by atoms with Crippen molar-refractivity contribution >= 4 is 27.3 Å². The van der Waals surface area contributed by atoms with E-state index >= 15 is 0 Å². The standard InChI is InChI=1S/C11H14ClFN2O2S/c12-9-18(16,17)15-7-5-14(6-8-15)11-4-2-1-3-10(11)13/h1-4H,5-9H2. The number of alkyl halides is 1. The molecule has 0 aromatic heterocycles. The molecule has 1 fully saturated rings. The molecule has 4 nitrogen and oxygen atoms in total. The average Bonchev–Trinajstić information content (AvgIpc) is 2.39. The lowest BCUT2D eigenvalue weighted by Gasteiger charge is -2.35. The van der Waals surface area contributed by atoms with Gasteiger partial charge in [-0.25, -0.2) is 12.8 Å². The number of para-hydroxylation sites is 1. The lowest BCUT2D eigenvalue weighted by Crippen LogP contribution is -2.49. The van der Waals surface area contributed by atoms with Crippen LogP contribution in [0.25, 0.3) is 0 Å². The van der Waals surface area contributed by atoms with E-state index < -0.39 is 15.2 Å². The Morgan fingerprint density at radius 3 is 2.33 bits per heavy atom. The van der Waals surface area contributed by atoms with Crippen LogP contribution in [-0.2, 0) is 10.0 Å². The maximum absolute atomic E-state index is 13.6. The van der Waals surface area contributed by atoms with Crippen LogP contribution in [0.5, 0.6) is 0 Å². The molecule has 18 heavy (non-hydrogen) atoms. The van der Waals surface area contributed by atoms with Crippen molar-refractivity contribution in [2.45, 2.75) is 0 Å². The zero-order valence-corrected chi connectivity index (χ0v) is 11.3. The highest BCUT2D eigenvalue weighted by atomic mass is 35.5. The van der Waals surface area contributed by atoms with Crippen LogP contribution in [0.15, 0.2) is 24.3 Å². The van der Waals surface area contributed by atoms with Crippen molar-refractivity contribution in [2.24, 2.45) is 0 Å². The molecule has 2 rings (SSSR count). The zero-order valence-electron chi connectivity index (χ0n) is 9.72. The fourth-order valence-electron chi connectivity index (χ4n) is 1.98. The second-order valence-corrected chi connectivity index (χ2v) is 6.61. The Morgan fingerprint density at radius 1 is 1.17 bits per heavy atom. The zero-order chi connectivity index (χ0) is 13.2. The first-order valence-corrected chi connectivity index (χ1v) is 7.72. The summed E-state index contributed by atoms with van der Waals surface area (Å²) in [5, 5.41) is -0.410. The first-order chi connectivity index (χ1) is 8.54. The highest BCUT2D eigenvalue weighted by molar-refractivity contribution is 7.90. The summed E-state index contributed by atoms with van der Waals surface area (Å²) in [6.07, 6.45) is 0. The Bertz CT molecular complexity index is 516. The third-order valence-electron chi connectivity index (χ3n) is 2.96. The number of piperazine rings is 1. The first kappa shape index (κ1) is 13.6. The van der Waals surface area contributed by atoms with Crippen LogP contribution in [-0.4, -0.2) is 44.1 Å². The van der Waals surface area contributed by atoms with Gasteiger partial charge in [0.1, 0.15) is 11.0 Å². The minimum absolute atomic E-state index is 0.286. The number of rotatable bonds is 3. The molecule has 0 amide bonds. The van der Waals surface area contributed by atoms with Gasteiger partial charge in [0.05, 0.1) is 5.69 Å². The molecule has 1 aliphatic rings. The van der Waals surface area contributed by atoms with Crippen molar-refractivity contribution in [3.05, 3.63) is 30.1 Å². The molecule has 0 spiro atoms. The van der Waals surface area contributed by atoms with E-state index in [1.807, 2.05) is 4.90 Å². The highest BCUT2D eigenvalue weighted by Gasteiger charge is 2.26. The molecule has 0 aliphatic carbocycles. The number of benzene rings is 1. The molecule has 7 heteroatoms. The molecule has 0 unspecified atom stereocenters. The van der Waals surface area contributed by atoms with Gasteiger partial charge >= 0.3 is 0 Å². The molecule has 1 saturated heterocycles. The molecule has 0 N–H and O–H groups in total. The Kier molecular flexibility index (Phi) is 4.09. The summed E-state index contributed by atoms with van der Waals surface area (Å²) in [5.41, 5.74) is 0.514. The Morgan fingerprint density at radius 2 is 1.78 bits per heavy atom. The fraction of sp³-hybridized carbons (Fsp3) is 0.455. The van der Waals surface area contributed by atoms with Crippen molar-refractivity contribution in [1.29, 1.82) is 0 Å². The van der Waals surface area contributed by atoms with Crippen LogP contribution in [0.4, 0.5) is 10.1 Å². The third-order valence-corrected chi connectivity index (χ3v) is 5.22. The maximum Gasteiger partial charge on any atom is 0.228 e. The highest BCUT2D eigenvalue weighted by Crippen LogP contribution is 2.21. The van der Waals surface area contributed by atoms with Crippen LogP contribution < -0.4 is 4.90 Å². The number of halogens is 2. The quantitative estimate of drug-likeness (QED) is 0.792. The number of hydrogen-bond acceptors (Lipinski definition) is 3. The molecule has 0 atom stereocenters. The smallest absolute Gasteiger partial charge is 0.228 e. The Hall–Kier alpha value is -0.850. The van der Waals surface area contributed by atoms with Crippen molar-refractivity contribution in [3.8, 4) is 0 Å². The predicted octanol–water partition coefficient (Wildman–Crippen LogP) is 1.47. The first-order valence-electron chi connectivity index (χ1n) is 5.58. The molecule has 0 radical (unpaired) electrons. The molecule has 0 bridgehead atoms. The summed E-state index contributed by atoms with van der Waals surface area (Å²) in [7, 11) is -3.36. The summed E-state index contributed by atoms with van der Waals surface area (Å²) in [6.45, 7) is 1.61. The van der Waals surface area contributed by atoms with Crippen LogP contribution in [0.2, 0.25) is 0 Å². The van der Waals surface area contributed by atoms with Gasteiger partial charge in [0.15, 0.2) is 0 Å². The molecule has 1 aliphatic heterocycles. The monoisotopic (exact) mass is 292 g/mol. The summed E-state index contributed by atoms with van der Waals surface area (Å²) >= 11 is 5.40. The van der Waals surface area contributed by atoms with E-state index in [4.69, 9.17) is 11.6 Å². The van der Waals surface area contributed by atoms with E-state index in [1.165, 1.54) is 10.4 Å². The average molecular weight is 293 g/mol. The van der Waals surface area contributed by atoms with Gasteiger partial charge in [-0.3, -0.25) is 0 Å². The number of anilines is 1. The van der Waals surface area contributed by atoms with Gasteiger partial charge in [0, 0.05) is 26.2 Å². The summed E-state index contributed by atoms with van der Waals surface area (Å²) in [5.74, 6) is -0.286. The maximum atomic E-state index is 13.6. The van der Waals surface area contributed by atoms with Gasteiger partial charge in [-0.1, -0.05) is 12.1 Å². The van der Waals surface area contributed by atoms with Crippen molar-refractivity contribution in [3.63, 3.8) is 0 Å². The molecule has 1 aromatic rings. The van der Waals surface area contributed by atoms with Gasteiger partial charge in [-0.05, 0) is 12.1 Å². The minimum atomic E-state index is -3.36. The largest absolute Gasteiger partial charge is 0.367 e. The Balaban J connectivity index is 2.06. The topological polar surface area (TPSA) is 40.6 Å². The van der Waals surface area contributed by atoms with Crippen LogP contribution >= 0.6 is 11.6 Å². The third kappa shape index (κ3) is 2.76. The Labute approximate surface area is 111 Å². The van der Waals surface area contributed by atoms with Crippen LogP contribution in [0.3, 0.4) is 0 Å². The lowest BCUT2D eigenvalue weighted by molar-refractivity contribution is 0.385. The van der Waals surface area contributed by atoms with Crippen LogP contribution in [0.1, 0.15) is 0 Å². The fourth-order valence-corrected chi connectivity index (χ4v) is 3.26. The van der Waals surface area contributed by atoms with Crippen molar-refractivity contribution < 1.29 is 12.8 Å². The van der Waals surface area contributed by atoms with Gasteiger partial charge in [0.2, 0.25) is 10.0 Å².